The molecule has 5 heteroatoms. The maximum Gasteiger partial charge on any atom is 0.234 e. The van der Waals surface area contributed by atoms with Gasteiger partial charge in [-0.15, -0.1) is 0 Å². The third-order valence-corrected chi connectivity index (χ3v) is 4.68. The van der Waals surface area contributed by atoms with Gasteiger partial charge in [-0.25, -0.2) is 0 Å². The van der Waals surface area contributed by atoms with Gasteiger partial charge in [0.05, 0.1) is 6.54 Å². The van der Waals surface area contributed by atoms with E-state index in [2.05, 4.69) is 40.0 Å². The Balaban J connectivity index is 1.47. The Morgan fingerprint density at radius 1 is 1.30 bits per heavy atom. The number of carbonyl (C=O) groups is 1. The van der Waals surface area contributed by atoms with Crippen molar-refractivity contribution in [3.05, 3.63) is 58.9 Å². The van der Waals surface area contributed by atoms with Gasteiger partial charge in [-0.05, 0) is 43.2 Å². The highest BCUT2D eigenvalue weighted by Crippen LogP contribution is 2.24. The van der Waals surface area contributed by atoms with Crippen LogP contribution in [0.25, 0.3) is 0 Å². The van der Waals surface area contributed by atoms with E-state index in [0.717, 1.165) is 30.1 Å². The van der Waals surface area contributed by atoms with Crippen molar-refractivity contribution in [3.8, 4) is 0 Å². The SMILES string of the molecule is C[C@@H]1c2cccn2CCN1CC(=O)NCCc1cccc(Cl)c1. The fourth-order valence-electron chi connectivity index (χ4n) is 3.12. The van der Waals surface area contributed by atoms with Crippen LogP contribution >= 0.6 is 11.6 Å². The first kappa shape index (κ1) is 16.1. The zero-order chi connectivity index (χ0) is 16.2. The van der Waals surface area contributed by atoms with Gasteiger partial charge in [0.1, 0.15) is 0 Å². The predicted molar refractivity (Wildman–Crippen MR) is 92.6 cm³/mol. The Bertz CT molecular complexity index is 682. The molecule has 1 amide bonds. The van der Waals surface area contributed by atoms with Crippen molar-refractivity contribution < 1.29 is 4.79 Å². The summed E-state index contributed by atoms with van der Waals surface area (Å²) in [7, 11) is 0. The lowest BCUT2D eigenvalue weighted by Crippen LogP contribution is -2.43. The molecule has 3 rings (SSSR count). The van der Waals surface area contributed by atoms with Crippen molar-refractivity contribution in [3.63, 3.8) is 0 Å². The minimum Gasteiger partial charge on any atom is -0.355 e. The number of nitrogens with zero attached hydrogens (tertiary/aromatic N) is 2. The first-order valence-corrected chi connectivity index (χ1v) is 8.41. The summed E-state index contributed by atoms with van der Waals surface area (Å²) in [5.74, 6) is 0.0823. The fraction of sp³-hybridized carbons (Fsp3) is 0.389. The second-order valence-corrected chi connectivity index (χ2v) is 6.44. The van der Waals surface area contributed by atoms with E-state index >= 15 is 0 Å². The maximum absolute atomic E-state index is 12.2. The van der Waals surface area contributed by atoms with Crippen molar-refractivity contribution in [2.75, 3.05) is 19.6 Å². The second kappa shape index (κ2) is 7.20. The van der Waals surface area contributed by atoms with E-state index in [0.29, 0.717) is 13.1 Å². The number of amides is 1. The quantitative estimate of drug-likeness (QED) is 0.914. The Morgan fingerprint density at radius 2 is 2.17 bits per heavy atom. The standard InChI is InChI=1S/C18H22ClN3O/c1-14-17-6-3-9-21(17)10-11-22(14)13-18(23)20-8-7-15-4-2-5-16(19)12-15/h2-6,9,12,14H,7-8,10-11,13H2,1H3,(H,20,23)/t14-/m1/s1. The topological polar surface area (TPSA) is 37.3 Å². The van der Waals surface area contributed by atoms with Crippen LogP contribution in [0.15, 0.2) is 42.6 Å². The van der Waals surface area contributed by atoms with E-state index in [9.17, 15) is 4.79 Å². The minimum absolute atomic E-state index is 0.0823. The predicted octanol–water partition coefficient (Wildman–Crippen LogP) is 2.88. The van der Waals surface area contributed by atoms with Crippen LogP contribution in [0.2, 0.25) is 5.02 Å². The molecule has 4 nitrogen and oxygen atoms in total. The molecule has 1 aliphatic heterocycles. The van der Waals surface area contributed by atoms with Crippen LogP contribution in [-0.4, -0.2) is 35.0 Å². The summed E-state index contributed by atoms with van der Waals surface area (Å²) in [6.45, 7) is 5.09. The summed E-state index contributed by atoms with van der Waals surface area (Å²) in [5.41, 5.74) is 2.42. The Hall–Kier alpha value is -1.78. The van der Waals surface area contributed by atoms with Gasteiger partial charge in [-0.3, -0.25) is 9.69 Å². The lowest BCUT2D eigenvalue weighted by molar-refractivity contribution is -0.123. The molecule has 1 aromatic carbocycles. The Kier molecular flexibility index (Phi) is 5.03. The first-order chi connectivity index (χ1) is 11.1. The van der Waals surface area contributed by atoms with Gasteiger partial charge >= 0.3 is 0 Å². The summed E-state index contributed by atoms with van der Waals surface area (Å²) in [6, 6.07) is 12.2. The van der Waals surface area contributed by atoms with E-state index in [1.54, 1.807) is 0 Å². The molecule has 122 valence electrons. The normalized spacial score (nSPS) is 17.7. The monoisotopic (exact) mass is 331 g/mol. The minimum atomic E-state index is 0.0823. The van der Waals surface area contributed by atoms with Crippen molar-refractivity contribution in [2.45, 2.75) is 25.9 Å². The number of aromatic nitrogens is 1. The number of halogens is 1. The van der Waals surface area contributed by atoms with E-state index in [1.165, 1.54) is 5.69 Å². The van der Waals surface area contributed by atoms with Crippen LogP contribution in [0.5, 0.6) is 0 Å². The van der Waals surface area contributed by atoms with Crippen LogP contribution in [0.3, 0.4) is 0 Å². The van der Waals surface area contributed by atoms with Gasteiger partial charge in [0.15, 0.2) is 0 Å². The molecule has 0 aliphatic carbocycles. The lowest BCUT2D eigenvalue weighted by Gasteiger charge is -2.34. The van der Waals surface area contributed by atoms with Gasteiger partial charge in [0.2, 0.25) is 5.91 Å². The lowest BCUT2D eigenvalue weighted by atomic mass is 10.1. The van der Waals surface area contributed by atoms with Crippen LogP contribution in [0, 0.1) is 0 Å². The number of hydrogen-bond acceptors (Lipinski definition) is 2. The van der Waals surface area contributed by atoms with Crippen LogP contribution < -0.4 is 5.32 Å². The second-order valence-electron chi connectivity index (χ2n) is 6.00. The van der Waals surface area contributed by atoms with E-state index in [1.807, 2.05) is 24.3 Å². The largest absolute Gasteiger partial charge is 0.355 e. The molecule has 1 aromatic heterocycles. The van der Waals surface area contributed by atoms with Crippen LogP contribution in [0.1, 0.15) is 24.2 Å². The van der Waals surface area contributed by atoms with Gasteiger partial charge in [0, 0.05) is 42.6 Å². The molecule has 0 saturated heterocycles. The first-order valence-electron chi connectivity index (χ1n) is 8.04. The number of benzene rings is 1. The maximum atomic E-state index is 12.2. The molecule has 0 saturated carbocycles. The molecule has 2 heterocycles. The zero-order valence-electron chi connectivity index (χ0n) is 13.3. The summed E-state index contributed by atoms with van der Waals surface area (Å²) in [4.78, 5) is 14.4. The molecule has 23 heavy (non-hydrogen) atoms. The number of fused-ring (bicyclic) bond motifs is 1. The molecule has 0 unspecified atom stereocenters. The highest BCUT2D eigenvalue weighted by atomic mass is 35.5. The smallest absolute Gasteiger partial charge is 0.234 e. The molecule has 2 aromatic rings. The van der Waals surface area contributed by atoms with Gasteiger partial charge in [-0.1, -0.05) is 23.7 Å². The number of rotatable bonds is 5. The third kappa shape index (κ3) is 3.95. The summed E-state index contributed by atoms with van der Waals surface area (Å²) < 4.78 is 2.26. The summed E-state index contributed by atoms with van der Waals surface area (Å²) in [5, 5.41) is 3.74. The third-order valence-electron chi connectivity index (χ3n) is 4.44. The molecular weight excluding hydrogens is 310 g/mol. The number of carbonyl (C=O) groups excluding carboxylic acids is 1. The molecule has 0 fully saturated rings. The molecule has 1 atom stereocenters. The number of hydrogen-bond donors (Lipinski definition) is 1. The van der Waals surface area contributed by atoms with Gasteiger partial charge in [0.25, 0.3) is 0 Å². The van der Waals surface area contributed by atoms with Crippen molar-refractivity contribution in [1.29, 1.82) is 0 Å². The summed E-state index contributed by atoms with van der Waals surface area (Å²) in [6.07, 6.45) is 2.90. The molecule has 1 aliphatic rings. The highest BCUT2D eigenvalue weighted by Gasteiger charge is 2.24. The average molecular weight is 332 g/mol. The number of nitrogens with one attached hydrogen (secondary N) is 1. The summed E-state index contributed by atoms with van der Waals surface area (Å²) >= 11 is 5.97. The average Bonchev–Trinajstić information content (AvgIpc) is 3.00. The van der Waals surface area contributed by atoms with E-state index in [-0.39, 0.29) is 11.9 Å². The molecule has 0 spiro atoms. The fourth-order valence-corrected chi connectivity index (χ4v) is 3.34. The van der Waals surface area contributed by atoms with Crippen molar-refractivity contribution in [1.82, 2.24) is 14.8 Å². The van der Waals surface area contributed by atoms with Crippen LogP contribution in [0.4, 0.5) is 0 Å². The molecule has 0 bridgehead atoms. The Labute approximate surface area is 142 Å². The van der Waals surface area contributed by atoms with Crippen molar-refractivity contribution in [2.24, 2.45) is 0 Å². The van der Waals surface area contributed by atoms with Crippen LogP contribution in [-0.2, 0) is 17.8 Å². The Morgan fingerprint density at radius 3 is 3.00 bits per heavy atom. The van der Waals surface area contributed by atoms with Crippen molar-refractivity contribution >= 4 is 17.5 Å². The molecule has 0 radical (unpaired) electrons. The van der Waals surface area contributed by atoms with Gasteiger partial charge in [-0.2, -0.15) is 0 Å². The zero-order valence-corrected chi connectivity index (χ0v) is 14.1. The molecular formula is C18H22ClN3O. The van der Waals surface area contributed by atoms with E-state index in [4.69, 9.17) is 11.6 Å². The van der Waals surface area contributed by atoms with Gasteiger partial charge < -0.3 is 9.88 Å². The van der Waals surface area contributed by atoms with E-state index < -0.39 is 0 Å². The molecule has 1 N–H and O–H groups in total. The highest BCUT2D eigenvalue weighted by molar-refractivity contribution is 6.30.